The lowest BCUT2D eigenvalue weighted by atomic mass is 9.91. The van der Waals surface area contributed by atoms with Gasteiger partial charge >= 0.3 is 0 Å². The second-order valence-corrected chi connectivity index (χ2v) is 8.52. The van der Waals surface area contributed by atoms with Crippen molar-refractivity contribution < 1.29 is 12.8 Å². The van der Waals surface area contributed by atoms with Crippen LogP contribution in [0.5, 0.6) is 0 Å². The van der Waals surface area contributed by atoms with Crippen LogP contribution in [0.15, 0.2) is 29.7 Å². The number of hydrogen-bond acceptors (Lipinski definition) is 5. The second kappa shape index (κ2) is 6.29. The Balaban J connectivity index is 1.54. The van der Waals surface area contributed by atoms with Gasteiger partial charge in [-0.25, -0.2) is 22.3 Å². The van der Waals surface area contributed by atoms with Crippen molar-refractivity contribution in [3.8, 4) is 0 Å². The summed E-state index contributed by atoms with van der Waals surface area (Å²) < 4.78 is 43.8. The Labute approximate surface area is 154 Å². The summed E-state index contributed by atoms with van der Waals surface area (Å²) in [6, 6.07) is 1.46. The number of sulfonamides is 1. The topological polar surface area (TPSA) is 85.4 Å². The van der Waals surface area contributed by atoms with E-state index in [2.05, 4.69) is 15.2 Å². The van der Waals surface area contributed by atoms with E-state index in [4.69, 9.17) is 11.6 Å². The summed E-state index contributed by atoms with van der Waals surface area (Å²) in [5, 5.41) is 7.96. The molecule has 11 heteroatoms. The molecule has 4 rings (SSSR count). The first-order chi connectivity index (χ1) is 12.4. The number of aromatic nitrogens is 5. The predicted octanol–water partition coefficient (Wildman–Crippen LogP) is 1.82. The number of rotatable bonds is 3. The number of aryl methyl sites for hydroxylation is 1. The molecule has 1 saturated heterocycles. The van der Waals surface area contributed by atoms with Gasteiger partial charge in [0.1, 0.15) is 16.4 Å². The highest BCUT2D eigenvalue weighted by Crippen LogP contribution is 2.32. The Morgan fingerprint density at radius 2 is 2.00 bits per heavy atom. The van der Waals surface area contributed by atoms with E-state index in [1.165, 1.54) is 32.1 Å². The van der Waals surface area contributed by atoms with Crippen LogP contribution >= 0.6 is 11.6 Å². The first kappa shape index (κ1) is 17.4. The standard InChI is InChI=1S/C15H16ClFN6O2S/c1-21-14(16)13(7-19-21)26(24,25)22-4-2-10(3-5-22)11-6-12(17)15-18-9-20-23(15)8-11/h6-10H,2-5H2,1H3. The Morgan fingerprint density at radius 3 is 2.65 bits per heavy atom. The van der Waals surface area contributed by atoms with E-state index in [1.807, 2.05) is 0 Å². The normalized spacial score (nSPS) is 17.2. The molecule has 0 saturated carbocycles. The summed E-state index contributed by atoms with van der Waals surface area (Å²) in [5.74, 6) is -0.383. The highest BCUT2D eigenvalue weighted by molar-refractivity contribution is 7.89. The molecule has 8 nitrogen and oxygen atoms in total. The maximum atomic E-state index is 14.1. The molecule has 0 unspecified atom stereocenters. The van der Waals surface area contributed by atoms with Gasteiger partial charge in [-0.15, -0.1) is 0 Å². The largest absolute Gasteiger partial charge is 0.256 e. The summed E-state index contributed by atoms with van der Waals surface area (Å²) in [7, 11) is -2.11. The van der Waals surface area contributed by atoms with Crippen LogP contribution in [-0.4, -0.2) is 50.2 Å². The Hall–Kier alpha value is -2.04. The van der Waals surface area contributed by atoms with Crippen molar-refractivity contribution in [2.45, 2.75) is 23.7 Å². The van der Waals surface area contributed by atoms with Gasteiger partial charge in [0, 0.05) is 26.3 Å². The summed E-state index contributed by atoms with van der Waals surface area (Å²) in [6.45, 7) is 0.657. The van der Waals surface area contributed by atoms with Crippen LogP contribution < -0.4 is 0 Å². The molecular weight excluding hydrogens is 383 g/mol. The molecule has 0 spiro atoms. The average molecular weight is 399 g/mol. The summed E-state index contributed by atoms with van der Waals surface area (Å²) >= 11 is 6.04. The molecular formula is C15H16ClFN6O2S. The summed E-state index contributed by atoms with van der Waals surface area (Å²) in [6.07, 6.45) is 5.47. The lowest BCUT2D eigenvalue weighted by molar-refractivity contribution is 0.318. The second-order valence-electron chi connectivity index (χ2n) is 6.25. The van der Waals surface area contributed by atoms with Crippen molar-refractivity contribution in [1.82, 2.24) is 28.7 Å². The minimum absolute atomic E-state index is 0.00944. The number of halogens is 2. The van der Waals surface area contributed by atoms with E-state index in [9.17, 15) is 12.8 Å². The average Bonchev–Trinajstić information content (AvgIpc) is 3.23. The van der Waals surface area contributed by atoms with Gasteiger partial charge in [-0.2, -0.15) is 14.5 Å². The third kappa shape index (κ3) is 2.78. The van der Waals surface area contributed by atoms with Crippen LogP contribution in [0.1, 0.15) is 24.3 Å². The van der Waals surface area contributed by atoms with Crippen LogP contribution in [0.2, 0.25) is 5.15 Å². The predicted molar refractivity (Wildman–Crippen MR) is 91.9 cm³/mol. The highest BCUT2D eigenvalue weighted by Gasteiger charge is 2.33. The SMILES string of the molecule is Cn1ncc(S(=O)(=O)N2CCC(c3cc(F)c4ncnn4c3)CC2)c1Cl. The maximum absolute atomic E-state index is 14.1. The molecule has 4 heterocycles. The molecule has 3 aromatic rings. The molecule has 1 fully saturated rings. The van der Waals surface area contributed by atoms with E-state index in [0.29, 0.717) is 25.9 Å². The zero-order valence-electron chi connectivity index (χ0n) is 13.9. The maximum Gasteiger partial charge on any atom is 0.247 e. The molecule has 0 aromatic carbocycles. The number of nitrogens with zero attached hydrogens (tertiary/aromatic N) is 6. The molecule has 0 N–H and O–H groups in total. The lowest BCUT2D eigenvalue weighted by Gasteiger charge is -2.31. The first-order valence-electron chi connectivity index (χ1n) is 8.04. The van der Waals surface area contributed by atoms with Crippen LogP contribution in [0.4, 0.5) is 4.39 Å². The highest BCUT2D eigenvalue weighted by atomic mass is 35.5. The first-order valence-corrected chi connectivity index (χ1v) is 9.86. The molecule has 138 valence electrons. The van der Waals surface area contributed by atoms with Gasteiger partial charge in [0.05, 0.1) is 6.20 Å². The Kier molecular flexibility index (Phi) is 4.20. The van der Waals surface area contributed by atoms with E-state index in [-0.39, 0.29) is 21.6 Å². The molecule has 26 heavy (non-hydrogen) atoms. The van der Waals surface area contributed by atoms with Crippen molar-refractivity contribution in [3.05, 3.63) is 41.3 Å². The number of fused-ring (bicyclic) bond motifs is 1. The smallest absolute Gasteiger partial charge is 0.247 e. The Morgan fingerprint density at radius 1 is 1.27 bits per heavy atom. The molecule has 0 bridgehead atoms. The number of piperidine rings is 1. The van der Waals surface area contributed by atoms with E-state index >= 15 is 0 Å². The molecule has 1 aliphatic rings. The molecule has 3 aromatic heterocycles. The van der Waals surface area contributed by atoms with Crippen molar-refractivity contribution in [1.29, 1.82) is 0 Å². The fourth-order valence-corrected chi connectivity index (χ4v) is 5.15. The van der Waals surface area contributed by atoms with Crippen LogP contribution in [0, 0.1) is 5.82 Å². The van der Waals surface area contributed by atoms with Gasteiger partial charge in [-0.05, 0) is 30.4 Å². The number of pyridine rings is 1. The zero-order valence-corrected chi connectivity index (χ0v) is 15.5. The van der Waals surface area contributed by atoms with E-state index in [0.717, 1.165) is 5.56 Å². The third-order valence-corrected chi connectivity index (χ3v) is 7.19. The van der Waals surface area contributed by atoms with Crippen molar-refractivity contribution >= 4 is 27.3 Å². The lowest BCUT2D eigenvalue weighted by Crippen LogP contribution is -2.38. The number of hydrogen-bond donors (Lipinski definition) is 0. The summed E-state index contributed by atoms with van der Waals surface area (Å²) in [4.78, 5) is 3.87. The fourth-order valence-electron chi connectivity index (χ4n) is 3.27. The van der Waals surface area contributed by atoms with Gasteiger partial charge in [-0.1, -0.05) is 11.6 Å². The van der Waals surface area contributed by atoms with E-state index in [1.54, 1.807) is 13.2 Å². The molecule has 0 amide bonds. The summed E-state index contributed by atoms with van der Waals surface area (Å²) in [5.41, 5.74) is 0.969. The molecule has 0 aliphatic carbocycles. The van der Waals surface area contributed by atoms with Crippen molar-refractivity contribution in [2.24, 2.45) is 7.05 Å². The monoisotopic (exact) mass is 398 g/mol. The van der Waals surface area contributed by atoms with Crippen LogP contribution in [0.25, 0.3) is 5.65 Å². The molecule has 1 aliphatic heterocycles. The van der Waals surface area contributed by atoms with Gasteiger partial charge < -0.3 is 0 Å². The van der Waals surface area contributed by atoms with Crippen molar-refractivity contribution in [3.63, 3.8) is 0 Å². The zero-order chi connectivity index (χ0) is 18.5. The van der Waals surface area contributed by atoms with Gasteiger partial charge in [0.25, 0.3) is 0 Å². The fraction of sp³-hybridized carbons (Fsp3) is 0.400. The van der Waals surface area contributed by atoms with E-state index < -0.39 is 15.8 Å². The van der Waals surface area contributed by atoms with Crippen LogP contribution in [0.3, 0.4) is 0 Å². The third-order valence-electron chi connectivity index (χ3n) is 4.73. The van der Waals surface area contributed by atoms with Gasteiger partial charge in [-0.3, -0.25) is 4.68 Å². The minimum atomic E-state index is -3.69. The molecule has 0 radical (unpaired) electrons. The minimum Gasteiger partial charge on any atom is -0.256 e. The van der Waals surface area contributed by atoms with Gasteiger partial charge in [0.2, 0.25) is 10.0 Å². The van der Waals surface area contributed by atoms with Gasteiger partial charge in [0.15, 0.2) is 11.5 Å². The van der Waals surface area contributed by atoms with Crippen LogP contribution in [-0.2, 0) is 17.1 Å². The quantitative estimate of drug-likeness (QED) is 0.671. The Bertz CT molecular complexity index is 1070. The van der Waals surface area contributed by atoms with Crippen molar-refractivity contribution in [2.75, 3.05) is 13.1 Å². The molecule has 0 atom stereocenters.